The number of hydrogen-bond donors (Lipinski definition) is 1. The molecule has 2 rings (SSSR count). The molecule has 1 aromatic heterocycles. The van der Waals surface area contributed by atoms with Crippen LogP contribution >= 0.6 is 0 Å². The van der Waals surface area contributed by atoms with Crippen molar-refractivity contribution in [3.05, 3.63) is 53.9 Å². The summed E-state index contributed by atoms with van der Waals surface area (Å²) in [6.45, 7) is 0.773. The molecule has 0 bridgehead atoms. The molecule has 1 heterocycles. The smallest absolute Gasteiger partial charge is 0.123 e. The number of hydrogen-bond acceptors (Lipinski definition) is 2. The Morgan fingerprint density at radius 1 is 1.19 bits per heavy atom. The number of para-hydroxylation sites is 1. The molecular weight excluding hydrogens is 202 g/mol. The Labute approximate surface area is 94.9 Å². The first-order valence-corrected chi connectivity index (χ1v) is 5.22. The maximum Gasteiger partial charge on any atom is 0.123 e. The minimum Gasteiger partial charge on any atom is -0.496 e. The van der Waals surface area contributed by atoms with Crippen molar-refractivity contribution in [3.63, 3.8) is 0 Å². The molecule has 0 saturated heterocycles. The number of ether oxygens (including phenoxy) is 1. The van der Waals surface area contributed by atoms with E-state index in [1.807, 2.05) is 47.2 Å². The molecule has 3 nitrogen and oxygen atoms in total. The SMILES string of the molecule is COc1ccccc1Cn1cccc1CO. The van der Waals surface area contributed by atoms with Crippen LogP contribution in [0.2, 0.25) is 0 Å². The van der Waals surface area contributed by atoms with Crippen LogP contribution in [0.15, 0.2) is 42.6 Å². The summed E-state index contributed by atoms with van der Waals surface area (Å²) in [6.07, 6.45) is 1.96. The van der Waals surface area contributed by atoms with Crippen molar-refractivity contribution in [2.45, 2.75) is 13.2 Å². The van der Waals surface area contributed by atoms with E-state index in [1.165, 1.54) is 0 Å². The average Bonchev–Trinajstić information content (AvgIpc) is 2.77. The Bertz CT molecular complexity index is 462. The number of rotatable bonds is 4. The van der Waals surface area contributed by atoms with Crippen LogP contribution in [0.5, 0.6) is 5.75 Å². The summed E-state index contributed by atoms with van der Waals surface area (Å²) in [5.41, 5.74) is 2.02. The van der Waals surface area contributed by atoms with Crippen LogP contribution in [0.3, 0.4) is 0 Å². The first-order valence-electron chi connectivity index (χ1n) is 5.22. The molecule has 0 aliphatic carbocycles. The molecule has 0 atom stereocenters. The molecule has 0 saturated carbocycles. The van der Waals surface area contributed by atoms with Gasteiger partial charge in [-0.15, -0.1) is 0 Å². The molecule has 84 valence electrons. The van der Waals surface area contributed by atoms with Crippen LogP contribution in [-0.2, 0) is 13.2 Å². The summed E-state index contributed by atoms with van der Waals surface area (Å²) < 4.78 is 7.30. The zero-order valence-corrected chi connectivity index (χ0v) is 9.26. The number of nitrogens with zero attached hydrogens (tertiary/aromatic N) is 1. The van der Waals surface area contributed by atoms with Gasteiger partial charge in [-0.2, -0.15) is 0 Å². The van der Waals surface area contributed by atoms with E-state index in [-0.39, 0.29) is 6.61 Å². The van der Waals surface area contributed by atoms with E-state index in [2.05, 4.69) is 0 Å². The largest absolute Gasteiger partial charge is 0.496 e. The van der Waals surface area contributed by atoms with Gasteiger partial charge < -0.3 is 14.4 Å². The second kappa shape index (κ2) is 4.86. The topological polar surface area (TPSA) is 34.4 Å². The normalized spacial score (nSPS) is 10.4. The first-order chi connectivity index (χ1) is 7.85. The molecule has 2 aromatic rings. The Balaban J connectivity index is 2.26. The molecule has 16 heavy (non-hydrogen) atoms. The predicted octanol–water partition coefficient (Wildman–Crippen LogP) is 2.04. The monoisotopic (exact) mass is 217 g/mol. The van der Waals surface area contributed by atoms with Crippen molar-refractivity contribution in [1.82, 2.24) is 4.57 Å². The van der Waals surface area contributed by atoms with E-state index in [9.17, 15) is 0 Å². The minimum absolute atomic E-state index is 0.0577. The molecule has 0 fully saturated rings. The second-order valence-electron chi connectivity index (χ2n) is 3.60. The third-order valence-corrected chi connectivity index (χ3v) is 2.62. The standard InChI is InChI=1S/C13H15NO2/c1-16-13-7-3-2-5-11(13)9-14-8-4-6-12(14)10-15/h2-8,15H,9-10H2,1H3. The van der Waals surface area contributed by atoms with Crippen LogP contribution in [0.4, 0.5) is 0 Å². The van der Waals surface area contributed by atoms with Crippen molar-refractivity contribution in [2.24, 2.45) is 0 Å². The van der Waals surface area contributed by atoms with E-state index in [1.54, 1.807) is 7.11 Å². The van der Waals surface area contributed by atoms with E-state index in [4.69, 9.17) is 9.84 Å². The lowest BCUT2D eigenvalue weighted by Gasteiger charge is -2.11. The van der Waals surface area contributed by atoms with Gasteiger partial charge in [0.2, 0.25) is 0 Å². The fraction of sp³-hybridized carbons (Fsp3) is 0.231. The lowest BCUT2D eigenvalue weighted by atomic mass is 10.2. The van der Waals surface area contributed by atoms with Gasteiger partial charge in [-0.25, -0.2) is 0 Å². The number of aliphatic hydroxyl groups excluding tert-OH is 1. The fourth-order valence-electron chi connectivity index (χ4n) is 1.76. The van der Waals surface area contributed by atoms with Crippen LogP contribution in [-0.4, -0.2) is 16.8 Å². The van der Waals surface area contributed by atoms with Crippen molar-refractivity contribution in [1.29, 1.82) is 0 Å². The summed E-state index contributed by atoms with van der Waals surface area (Å²) in [5.74, 6) is 0.875. The van der Waals surface area contributed by atoms with Crippen LogP contribution in [0, 0.1) is 0 Å². The summed E-state index contributed by atoms with van der Waals surface area (Å²) in [6, 6.07) is 11.7. The summed E-state index contributed by atoms with van der Waals surface area (Å²) in [5, 5.41) is 9.16. The third kappa shape index (κ3) is 2.09. The molecular formula is C13H15NO2. The van der Waals surface area contributed by atoms with Gasteiger partial charge in [0.15, 0.2) is 0 Å². The van der Waals surface area contributed by atoms with Crippen LogP contribution in [0.25, 0.3) is 0 Å². The fourth-order valence-corrected chi connectivity index (χ4v) is 1.76. The molecule has 1 aromatic carbocycles. The Hall–Kier alpha value is -1.74. The molecule has 0 unspecified atom stereocenters. The van der Waals surface area contributed by atoms with E-state index in [0.29, 0.717) is 6.54 Å². The average molecular weight is 217 g/mol. The minimum atomic E-state index is 0.0577. The lowest BCUT2D eigenvalue weighted by molar-refractivity contribution is 0.271. The highest BCUT2D eigenvalue weighted by molar-refractivity contribution is 5.33. The van der Waals surface area contributed by atoms with Crippen molar-refractivity contribution >= 4 is 0 Å². The highest BCUT2D eigenvalue weighted by Crippen LogP contribution is 2.19. The third-order valence-electron chi connectivity index (χ3n) is 2.62. The predicted molar refractivity (Wildman–Crippen MR) is 62.5 cm³/mol. The van der Waals surface area contributed by atoms with Gasteiger partial charge in [0, 0.05) is 17.5 Å². The second-order valence-corrected chi connectivity index (χ2v) is 3.60. The number of methoxy groups -OCH3 is 1. The molecule has 3 heteroatoms. The van der Waals surface area contributed by atoms with E-state index in [0.717, 1.165) is 17.0 Å². The highest BCUT2D eigenvalue weighted by Gasteiger charge is 2.04. The summed E-state index contributed by atoms with van der Waals surface area (Å²) in [4.78, 5) is 0. The maximum absolute atomic E-state index is 9.16. The first kappa shape index (κ1) is 10.8. The summed E-state index contributed by atoms with van der Waals surface area (Å²) >= 11 is 0. The van der Waals surface area contributed by atoms with E-state index < -0.39 is 0 Å². The van der Waals surface area contributed by atoms with Gasteiger partial charge in [-0.1, -0.05) is 18.2 Å². The molecule has 1 N–H and O–H groups in total. The maximum atomic E-state index is 9.16. The number of benzene rings is 1. The van der Waals surface area contributed by atoms with Crippen molar-refractivity contribution < 1.29 is 9.84 Å². The molecule has 0 amide bonds. The summed E-state index contributed by atoms with van der Waals surface area (Å²) in [7, 11) is 1.67. The van der Waals surface area contributed by atoms with Crippen molar-refractivity contribution in [2.75, 3.05) is 7.11 Å². The Morgan fingerprint density at radius 3 is 2.75 bits per heavy atom. The highest BCUT2D eigenvalue weighted by atomic mass is 16.5. The molecule has 0 aliphatic rings. The van der Waals surface area contributed by atoms with Gasteiger partial charge in [-0.3, -0.25) is 0 Å². The zero-order valence-electron chi connectivity index (χ0n) is 9.26. The zero-order chi connectivity index (χ0) is 11.4. The van der Waals surface area contributed by atoms with E-state index >= 15 is 0 Å². The van der Waals surface area contributed by atoms with Gasteiger partial charge >= 0.3 is 0 Å². The van der Waals surface area contributed by atoms with Crippen LogP contribution < -0.4 is 4.74 Å². The quantitative estimate of drug-likeness (QED) is 0.850. The van der Waals surface area contributed by atoms with Crippen LogP contribution in [0.1, 0.15) is 11.3 Å². The molecule has 0 aliphatic heterocycles. The Kier molecular flexibility index (Phi) is 3.27. The molecule has 0 spiro atoms. The lowest BCUT2D eigenvalue weighted by Crippen LogP contribution is -2.04. The van der Waals surface area contributed by atoms with Gasteiger partial charge in [0.05, 0.1) is 20.3 Å². The van der Waals surface area contributed by atoms with Gasteiger partial charge in [0.25, 0.3) is 0 Å². The number of aromatic nitrogens is 1. The Morgan fingerprint density at radius 2 is 2.00 bits per heavy atom. The van der Waals surface area contributed by atoms with Crippen molar-refractivity contribution in [3.8, 4) is 5.75 Å². The van der Waals surface area contributed by atoms with Gasteiger partial charge in [0.1, 0.15) is 5.75 Å². The van der Waals surface area contributed by atoms with Gasteiger partial charge in [-0.05, 0) is 18.2 Å². The number of aliphatic hydroxyl groups is 1. The molecule has 0 radical (unpaired) electrons.